The van der Waals surface area contributed by atoms with Crippen LogP contribution >= 0.6 is 0 Å². The SMILES string of the molecule is COCCOCCN1CC(C(C)C)NCC1C1CC1. The van der Waals surface area contributed by atoms with Gasteiger partial charge in [-0.3, -0.25) is 4.90 Å². The standard InChI is InChI=1S/C15H30N2O2/c1-12(2)14-11-17(6-7-19-9-8-18-3)15(10-16-14)13-4-5-13/h12-16H,4-11H2,1-3H3. The lowest BCUT2D eigenvalue weighted by Gasteiger charge is -2.42. The molecule has 4 nitrogen and oxygen atoms in total. The van der Waals surface area contributed by atoms with Crippen molar-refractivity contribution in [1.29, 1.82) is 0 Å². The minimum absolute atomic E-state index is 0.633. The van der Waals surface area contributed by atoms with Crippen molar-refractivity contribution in [1.82, 2.24) is 10.2 Å². The summed E-state index contributed by atoms with van der Waals surface area (Å²) in [6.45, 7) is 10.3. The van der Waals surface area contributed by atoms with Gasteiger partial charge in [-0.05, 0) is 24.7 Å². The first kappa shape index (κ1) is 15.2. The van der Waals surface area contributed by atoms with Crippen molar-refractivity contribution in [3.8, 4) is 0 Å². The Morgan fingerprint density at radius 3 is 2.63 bits per heavy atom. The Bertz CT molecular complexity index is 257. The fraction of sp³-hybridized carbons (Fsp3) is 1.00. The number of hydrogen-bond acceptors (Lipinski definition) is 4. The normalized spacial score (nSPS) is 29.1. The zero-order valence-electron chi connectivity index (χ0n) is 12.7. The first-order valence-electron chi connectivity index (χ1n) is 7.76. The number of nitrogens with zero attached hydrogens (tertiary/aromatic N) is 1. The van der Waals surface area contributed by atoms with Crippen LogP contribution in [0, 0.1) is 11.8 Å². The third-order valence-electron chi connectivity index (χ3n) is 4.41. The van der Waals surface area contributed by atoms with Crippen LogP contribution in [-0.2, 0) is 9.47 Å². The summed E-state index contributed by atoms with van der Waals surface area (Å²) >= 11 is 0. The van der Waals surface area contributed by atoms with Crippen LogP contribution in [-0.4, -0.2) is 63.5 Å². The predicted octanol–water partition coefficient (Wildman–Crippen LogP) is 1.36. The zero-order valence-corrected chi connectivity index (χ0v) is 12.7. The Morgan fingerprint density at radius 1 is 1.21 bits per heavy atom. The van der Waals surface area contributed by atoms with E-state index in [1.807, 2.05) is 0 Å². The second-order valence-corrected chi connectivity index (χ2v) is 6.26. The molecule has 0 aromatic heterocycles. The van der Waals surface area contributed by atoms with Gasteiger partial charge in [0.1, 0.15) is 0 Å². The maximum atomic E-state index is 5.63. The predicted molar refractivity (Wildman–Crippen MR) is 77.4 cm³/mol. The number of hydrogen-bond donors (Lipinski definition) is 1. The molecule has 0 aromatic rings. The quantitative estimate of drug-likeness (QED) is 0.675. The molecule has 2 aliphatic rings. The van der Waals surface area contributed by atoms with Crippen molar-refractivity contribution >= 4 is 0 Å². The summed E-state index contributed by atoms with van der Waals surface area (Å²) in [5.74, 6) is 1.64. The van der Waals surface area contributed by atoms with E-state index < -0.39 is 0 Å². The van der Waals surface area contributed by atoms with Crippen molar-refractivity contribution in [2.24, 2.45) is 11.8 Å². The van der Waals surface area contributed by atoms with Gasteiger partial charge in [0.2, 0.25) is 0 Å². The van der Waals surface area contributed by atoms with E-state index in [0.29, 0.717) is 25.2 Å². The average Bonchev–Trinajstić information content (AvgIpc) is 3.22. The summed E-state index contributed by atoms with van der Waals surface area (Å²) in [7, 11) is 1.72. The van der Waals surface area contributed by atoms with Crippen molar-refractivity contribution in [3.05, 3.63) is 0 Å². The van der Waals surface area contributed by atoms with Gasteiger partial charge >= 0.3 is 0 Å². The lowest BCUT2D eigenvalue weighted by Crippen LogP contribution is -2.59. The summed E-state index contributed by atoms with van der Waals surface area (Å²) in [5, 5.41) is 3.73. The zero-order chi connectivity index (χ0) is 13.7. The summed E-state index contributed by atoms with van der Waals surface area (Å²) in [4.78, 5) is 2.66. The van der Waals surface area contributed by atoms with Crippen LogP contribution < -0.4 is 5.32 Å². The average molecular weight is 270 g/mol. The number of methoxy groups -OCH3 is 1. The molecule has 1 aliphatic carbocycles. The number of nitrogens with one attached hydrogen (secondary N) is 1. The van der Waals surface area contributed by atoms with Gasteiger partial charge in [-0.15, -0.1) is 0 Å². The van der Waals surface area contributed by atoms with Gasteiger partial charge < -0.3 is 14.8 Å². The molecule has 4 heteroatoms. The molecule has 2 rings (SSSR count). The first-order chi connectivity index (χ1) is 9.22. The van der Waals surface area contributed by atoms with Gasteiger partial charge in [0.05, 0.1) is 19.8 Å². The van der Waals surface area contributed by atoms with Crippen LogP contribution in [0.1, 0.15) is 26.7 Å². The molecule has 0 radical (unpaired) electrons. The molecule has 1 saturated carbocycles. The van der Waals surface area contributed by atoms with E-state index in [1.165, 1.54) is 19.4 Å². The van der Waals surface area contributed by atoms with E-state index >= 15 is 0 Å². The molecule has 2 atom stereocenters. The van der Waals surface area contributed by atoms with Gasteiger partial charge in [-0.2, -0.15) is 0 Å². The van der Waals surface area contributed by atoms with Crippen LogP contribution in [0.5, 0.6) is 0 Å². The van der Waals surface area contributed by atoms with E-state index in [4.69, 9.17) is 9.47 Å². The van der Waals surface area contributed by atoms with Gasteiger partial charge in [-0.25, -0.2) is 0 Å². The maximum absolute atomic E-state index is 5.63. The van der Waals surface area contributed by atoms with Gasteiger partial charge in [0, 0.05) is 38.8 Å². The molecule has 0 aromatic carbocycles. The van der Waals surface area contributed by atoms with Crippen LogP contribution in [0.25, 0.3) is 0 Å². The van der Waals surface area contributed by atoms with E-state index in [9.17, 15) is 0 Å². The number of piperazine rings is 1. The number of ether oxygens (including phenoxy) is 2. The first-order valence-corrected chi connectivity index (χ1v) is 7.76. The molecular weight excluding hydrogens is 240 g/mol. The Hall–Kier alpha value is -0.160. The van der Waals surface area contributed by atoms with Crippen molar-refractivity contribution in [3.63, 3.8) is 0 Å². The van der Waals surface area contributed by atoms with Gasteiger partial charge in [0.15, 0.2) is 0 Å². The highest BCUT2D eigenvalue weighted by Crippen LogP contribution is 2.36. The Labute approximate surface area is 117 Å². The molecular formula is C15H30N2O2. The Morgan fingerprint density at radius 2 is 2.00 bits per heavy atom. The topological polar surface area (TPSA) is 33.7 Å². The van der Waals surface area contributed by atoms with E-state index in [-0.39, 0.29) is 0 Å². The summed E-state index contributed by atoms with van der Waals surface area (Å²) in [5.41, 5.74) is 0. The maximum Gasteiger partial charge on any atom is 0.0700 e. The fourth-order valence-corrected chi connectivity index (χ4v) is 2.93. The van der Waals surface area contributed by atoms with Crippen molar-refractivity contribution in [2.45, 2.75) is 38.8 Å². The molecule has 2 fully saturated rings. The molecule has 0 amide bonds. The van der Waals surface area contributed by atoms with Gasteiger partial charge in [-0.1, -0.05) is 13.8 Å². The minimum atomic E-state index is 0.633. The lowest BCUT2D eigenvalue weighted by molar-refractivity contribution is 0.0318. The molecule has 19 heavy (non-hydrogen) atoms. The Kier molecular flexibility index (Phi) is 6.07. The van der Waals surface area contributed by atoms with E-state index in [2.05, 4.69) is 24.1 Å². The smallest absolute Gasteiger partial charge is 0.0700 e. The summed E-state index contributed by atoms with van der Waals surface area (Å²) in [6, 6.07) is 1.37. The van der Waals surface area contributed by atoms with Gasteiger partial charge in [0.25, 0.3) is 0 Å². The highest BCUT2D eigenvalue weighted by atomic mass is 16.5. The fourth-order valence-electron chi connectivity index (χ4n) is 2.93. The van der Waals surface area contributed by atoms with Crippen LogP contribution in [0.15, 0.2) is 0 Å². The van der Waals surface area contributed by atoms with Crippen LogP contribution in [0.2, 0.25) is 0 Å². The number of rotatable bonds is 8. The monoisotopic (exact) mass is 270 g/mol. The second-order valence-electron chi connectivity index (χ2n) is 6.26. The van der Waals surface area contributed by atoms with E-state index in [0.717, 1.165) is 31.7 Å². The Balaban J connectivity index is 1.75. The summed E-state index contributed by atoms with van der Waals surface area (Å²) < 4.78 is 10.6. The van der Waals surface area contributed by atoms with E-state index in [1.54, 1.807) is 7.11 Å². The lowest BCUT2D eigenvalue weighted by atomic mass is 9.97. The molecule has 2 unspecified atom stereocenters. The molecule has 0 spiro atoms. The molecule has 1 aliphatic heterocycles. The highest BCUT2D eigenvalue weighted by Gasteiger charge is 2.38. The van der Waals surface area contributed by atoms with Crippen LogP contribution in [0.4, 0.5) is 0 Å². The highest BCUT2D eigenvalue weighted by molar-refractivity contribution is 4.95. The second kappa shape index (κ2) is 7.58. The van der Waals surface area contributed by atoms with Crippen LogP contribution in [0.3, 0.4) is 0 Å². The molecule has 112 valence electrons. The van der Waals surface area contributed by atoms with Crippen molar-refractivity contribution in [2.75, 3.05) is 46.6 Å². The molecule has 1 N–H and O–H groups in total. The third-order valence-corrected chi connectivity index (χ3v) is 4.41. The van der Waals surface area contributed by atoms with Crippen molar-refractivity contribution < 1.29 is 9.47 Å². The molecule has 1 saturated heterocycles. The minimum Gasteiger partial charge on any atom is -0.382 e. The molecule has 1 heterocycles. The molecule has 0 bridgehead atoms. The summed E-state index contributed by atoms with van der Waals surface area (Å²) in [6.07, 6.45) is 2.83. The largest absolute Gasteiger partial charge is 0.382 e. The third kappa shape index (κ3) is 4.71.